The summed E-state index contributed by atoms with van der Waals surface area (Å²) < 4.78 is 23.3. The van der Waals surface area contributed by atoms with E-state index in [4.69, 9.17) is 9.84 Å². The van der Waals surface area contributed by atoms with E-state index in [9.17, 15) is 4.39 Å². The fraction of sp³-hybridized carbons (Fsp3) is 0.556. The average molecular weight is 188 g/mol. The summed E-state index contributed by atoms with van der Waals surface area (Å²) in [6, 6.07) is 0. The Morgan fingerprint density at radius 2 is 2.31 bits per heavy atom. The lowest BCUT2D eigenvalue weighted by atomic mass is 10.0. The molecule has 1 aliphatic carbocycles. The number of aliphatic hydroxyl groups excluding tert-OH is 1. The fourth-order valence-electron chi connectivity index (χ4n) is 1.20. The molecule has 4 heteroatoms. The monoisotopic (exact) mass is 188 g/mol. The van der Waals surface area contributed by atoms with E-state index in [-0.39, 0.29) is 6.61 Å². The number of hydrogen-bond donors (Lipinski definition) is 1. The molecule has 13 heavy (non-hydrogen) atoms. The molecule has 2 atom stereocenters. The van der Waals surface area contributed by atoms with Crippen molar-refractivity contribution in [2.75, 3.05) is 20.8 Å². The third kappa shape index (κ3) is 1.96. The minimum absolute atomic E-state index is 0.129. The molecule has 0 spiro atoms. The summed E-state index contributed by atoms with van der Waals surface area (Å²) in [5, 5.41) is 8.81. The van der Waals surface area contributed by atoms with Crippen LogP contribution in [-0.2, 0) is 9.47 Å². The van der Waals surface area contributed by atoms with Gasteiger partial charge in [0.05, 0.1) is 6.61 Å². The van der Waals surface area contributed by atoms with E-state index in [1.54, 1.807) is 0 Å². The van der Waals surface area contributed by atoms with E-state index in [0.717, 1.165) is 0 Å². The summed E-state index contributed by atoms with van der Waals surface area (Å²) in [5.74, 6) is -1.92. The van der Waals surface area contributed by atoms with Crippen molar-refractivity contribution in [1.29, 1.82) is 0 Å². The van der Waals surface area contributed by atoms with Crippen molar-refractivity contribution in [1.82, 2.24) is 0 Å². The Kier molecular flexibility index (Phi) is 3.19. The maximum atomic E-state index is 13.7. The van der Waals surface area contributed by atoms with E-state index < -0.39 is 12.0 Å². The van der Waals surface area contributed by atoms with Gasteiger partial charge in [0.1, 0.15) is 6.10 Å². The summed E-state index contributed by atoms with van der Waals surface area (Å²) in [6.45, 7) is -0.129. The largest absolute Gasteiger partial charge is 0.392 e. The molecule has 0 aromatic rings. The van der Waals surface area contributed by atoms with Gasteiger partial charge in [0, 0.05) is 14.2 Å². The topological polar surface area (TPSA) is 38.7 Å². The Labute approximate surface area is 76.5 Å². The summed E-state index contributed by atoms with van der Waals surface area (Å²) in [5.41, 5.74) is 0.622. The molecular formula is C9H13FO3. The second kappa shape index (κ2) is 4.00. The molecule has 0 aromatic heterocycles. The number of rotatable bonds is 3. The van der Waals surface area contributed by atoms with Crippen LogP contribution in [0.3, 0.4) is 0 Å². The van der Waals surface area contributed by atoms with Gasteiger partial charge in [0.25, 0.3) is 5.85 Å². The Balaban J connectivity index is 2.85. The highest BCUT2D eigenvalue weighted by molar-refractivity contribution is 5.29. The van der Waals surface area contributed by atoms with Crippen molar-refractivity contribution in [2.45, 2.75) is 12.0 Å². The number of methoxy groups -OCH3 is 2. The van der Waals surface area contributed by atoms with Gasteiger partial charge in [-0.15, -0.1) is 0 Å². The first-order valence-corrected chi connectivity index (χ1v) is 3.94. The number of alkyl halides is 1. The molecule has 0 aliphatic heterocycles. The van der Waals surface area contributed by atoms with Gasteiger partial charge in [-0.05, 0) is 17.7 Å². The normalized spacial score (nSPS) is 33.2. The van der Waals surface area contributed by atoms with Gasteiger partial charge in [0.15, 0.2) is 0 Å². The number of aliphatic hydroxyl groups is 1. The van der Waals surface area contributed by atoms with Crippen LogP contribution in [-0.4, -0.2) is 37.9 Å². The smallest absolute Gasteiger partial charge is 0.258 e. The van der Waals surface area contributed by atoms with Crippen molar-refractivity contribution >= 4 is 0 Å². The Morgan fingerprint density at radius 1 is 1.62 bits per heavy atom. The van der Waals surface area contributed by atoms with Gasteiger partial charge in [-0.25, -0.2) is 4.39 Å². The number of ether oxygens (including phenoxy) is 2. The number of hydrogen-bond acceptors (Lipinski definition) is 3. The van der Waals surface area contributed by atoms with E-state index in [1.807, 2.05) is 0 Å². The molecule has 0 saturated carbocycles. The predicted molar refractivity (Wildman–Crippen MR) is 46.0 cm³/mol. The van der Waals surface area contributed by atoms with Gasteiger partial charge in [0.2, 0.25) is 0 Å². The molecule has 3 nitrogen and oxygen atoms in total. The SMILES string of the molecule is COC1C=C(CO)C=CC1(F)OC. The van der Waals surface area contributed by atoms with Crippen LogP contribution in [0.2, 0.25) is 0 Å². The van der Waals surface area contributed by atoms with Gasteiger partial charge < -0.3 is 14.6 Å². The molecule has 1 N–H and O–H groups in total. The minimum atomic E-state index is -1.92. The zero-order valence-corrected chi connectivity index (χ0v) is 7.66. The molecule has 1 aliphatic rings. The van der Waals surface area contributed by atoms with Crippen LogP contribution in [0.25, 0.3) is 0 Å². The highest BCUT2D eigenvalue weighted by atomic mass is 19.2. The standard InChI is InChI=1S/C9H13FO3/c1-12-8-5-7(6-11)3-4-9(8,10)13-2/h3-5,8,11H,6H2,1-2H3. The van der Waals surface area contributed by atoms with Crippen LogP contribution in [0.5, 0.6) is 0 Å². The van der Waals surface area contributed by atoms with Gasteiger partial charge in [-0.3, -0.25) is 0 Å². The fourth-order valence-corrected chi connectivity index (χ4v) is 1.20. The second-order valence-electron chi connectivity index (χ2n) is 2.79. The molecule has 0 aromatic carbocycles. The third-order valence-electron chi connectivity index (χ3n) is 2.03. The first-order valence-electron chi connectivity index (χ1n) is 3.94. The third-order valence-corrected chi connectivity index (χ3v) is 2.03. The maximum absolute atomic E-state index is 13.7. The summed E-state index contributed by atoms with van der Waals surface area (Å²) >= 11 is 0. The number of halogens is 1. The molecule has 0 saturated heterocycles. The molecule has 0 bridgehead atoms. The molecule has 1 rings (SSSR count). The minimum Gasteiger partial charge on any atom is -0.392 e. The Hall–Kier alpha value is -0.710. The van der Waals surface area contributed by atoms with Crippen molar-refractivity contribution < 1.29 is 19.0 Å². The molecule has 2 unspecified atom stereocenters. The molecule has 0 fully saturated rings. The quantitative estimate of drug-likeness (QED) is 0.712. The lowest BCUT2D eigenvalue weighted by Gasteiger charge is -2.29. The lowest BCUT2D eigenvalue weighted by molar-refractivity contribution is -0.150. The van der Waals surface area contributed by atoms with Crippen LogP contribution in [0, 0.1) is 0 Å². The summed E-state index contributed by atoms with van der Waals surface area (Å²) in [6.07, 6.45) is 3.43. The Bertz CT molecular complexity index is 237. The second-order valence-corrected chi connectivity index (χ2v) is 2.79. The van der Waals surface area contributed by atoms with E-state index in [0.29, 0.717) is 5.57 Å². The van der Waals surface area contributed by atoms with Crippen molar-refractivity contribution in [2.24, 2.45) is 0 Å². The van der Waals surface area contributed by atoms with Gasteiger partial charge >= 0.3 is 0 Å². The lowest BCUT2D eigenvalue weighted by Crippen LogP contribution is -2.40. The zero-order valence-electron chi connectivity index (χ0n) is 7.66. The van der Waals surface area contributed by atoms with E-state index in [2.05, 4.69) is 4.74 Å². The first kappa shape index (κ1) is 10.4. The van der Waals surface area contributed by atoms with Crippen LogP contribution in [0.1, 0.15) is 0 Å². The van der Waals surface area contributed by atoms with Crippen LogP contribution in [0.15, 0.2) is 23.8 Å². The first-order chi connectivity index (χ1) is 6.16. The van der Waals surface area contributed by atoms with Gasteiger partial charge in [-0.1, -0.05) is 6.08 Å². The summed E-state index contributed by atoms with van der Waals surface area (Å²) in [7, 11) is 2.66. The van der Waals surface area contributed by atoms with Crippen LogP contribution >= 0.6 is 0 Å². The highest BCUT2D eigenvalue weighted by Crippen LogP contribution is 2.28. The maximum Gasteiger partial charge on any atom is 0.258 e. The van der Waals surface area contributed by atoms with Crippen molar-refractivity contribution in [3.8, 4) is 0 Å². The van der Waals surface area contributed by atoms with Crippen molar-refractivity contribution in [3.63, 3.8) is 0 Å². The molecule has 0 heterocycles. The van der Waals surface area contributed by atoms with E-state index in [1.165, 1.54) is 32.4 Å². The van der Waals surface area contributed by atoms with Crippen LogP contribution in [0.4, 0.5) is 4.39 Å². The average Bonchev–Trinajstić information content (AvgIpc) is 2.18. The molecule has 0 amide bonds. The Morgan fingerprint density at radius 3 is 2.77 bits per heavy atom. The molecule has 74 valence electrons. The van der Waals surface area contributed by atoms with E-state index >= 15 is 0 Å². The van der Waals surface area contributed by atoms with Gasteiger partial charge in [-0.2, -0.15) is 0 Å². The molecular weight excluding hydrogens is 175 g/mol. The molecule has 0 radical (unpaired) electrons. The van der Waals surface area contributed by atoms with Crippen molar-refractivity contribution in [3.05, 3.63) is 23.8 Å². The summed E-state index contributed by atoms with van der Waals surface area (Å²) in [4.78, 5) is 0. The predicted octanol–water partition coefficient (Wildman–Crippen LogP) is 0.802. The highest BCUT2D eigenvalue weighted by Gasteiger charge is 2.37. The zero-order chi connectivity index (χ0) is 9.90. The van der Waals surface area contributed by atoms with Crippen LogP contribution < -0.4 is 0 Å².